The van der Waals surface area contributed by atoms with Crippen LogP contribution in [0, 0.1) is 0 Å². The Bertz CT molecular complexity index is 1710. The van der Waals surface area contributed by atoms with Crippen LogP contribution < -0.4 is 0 Å². The van der Waals surface area contributed by atoms with Crippen molar-refractivity contribution >= 4 is 17.9 Å². The molecule has 440 valence electrons. The molecule has 6 heteroatoms. The molecule has 0 saturated carbocycles. The van der Waals surface area contributed by atoms with Crippen LogP contribution in [0.4, 0.5) is 0 Å². The fourth-order valence-corrected chi connectivity index (χ4v) is 8.33. The number of hydrogen-bond donors (Lipinski definition) is 0. The number of allylic oxidation sites excluding steroid dienone is 24. The maximum Gasteiger partial charge on any atom is 0.306 e. The molecular formula is C72H116O6. The molecular weight excluding hydrogens is 961 g/mol. The van der Waals surface area contributed by atoms with Gasteiger partial charge in [0.2, 0.25) is 0 Å². The van der Waals surface area contributed by atoms with E-state index in [0.717, 1.165) is 122 Å². The van der Waals surface area contributed by atoms with Gasteiger partial charge in [0.1, 0.15) is 13.2 Å². The molecule has 0 aromatic rings. The van der Waals surface area contributed by atoms with Crippen molar-refractivity contribution in [2.45, 2.75) is 277 Å². The van der Waals surface area contributed by atoms with Crippen LogP contribution >= 0.6 is 0 Å². The number of rotatable bonds is 56. The zero-order valence-corrected chi connectivity index (χ0v) is 50.4. The fourth-order valence-electron chi connectivity index (χ4n) is 8.33. The molecule has 0 heterocycles. The summed E-state index contributed by atoms with van der Waals surface area (Å²) in [6.07, 6.45) is 93.0. The van der Waals surface area contributed by atoms with Gasteiger partial charge >= 0.3 is 17.9 Å². The zero-order valence-electron chi connectivity index (χ0n) is 50.4. The normalized spacial score (nSPS) is 13.1. The minimum atomic E-state index is -0.810. The minimum absolute atomic E-state index is 0.103. The molecule has 0 aromatic carbocycles. The quantitative estimate of drug-likeness (QED) is 0.0261. The topological polar surface area (TPSA) is 78.9 Å². The van der Waals surface area contributed by atoms with E-state index in [0.29, 0.717) is 19.3 Å². The third-order valence-electron chi connectivity index (χ3n) is 13.1. The molecule has 0 saturated heterocycles. The molecule has 1 atom stereocenters. The third-order valence-corrected chi connectivity index (χ3v) is 13.1. The Labute approximate surface area is 480 Å². The molecule has 1 unspecified atom stereocenters. The standard InChI is InChI=1S/C72H116O6/c1-4-7-10-13-16-19-21-23-25-27-29-31-33-34-35-36-37-38-40-41-43-45-47-49-51-53-56-59-62-65-71(74)77-68-69(67-76-70(73)64-61-58-55-18-15-12-9-6-3)78-72(75)66-63-60-57-54-52-50-48-46-44-42-39-32-30-28-26-24-22-20-17-14-11-8-5-2/h7,10,16,19,22-25,28-31,34-35,37-39,41-43,47,49,53,56,69H,4-6,8-9,11-15,17-18,20-21,26-27,32-33,36,40,44-46,48,50-52,54-55,57-68H2,1-3H3/b10-7-,19-16-,24-22-,25-23-,30-28-,31-29-,35-34-,38-37-,42-39-,43-41-,49-47-,56-53-. The molecule has 78 heavy (non-hydrogen) atoms. The van der Waals surface area contributed by atoms with Gasteiger partial charge in [-0.05, 0) is 122 Å². The van der Waals surface area contributed by atoms with Crippen LogP contribution in [0.3, 0.4) is 0 Å². The van der Waals surface area contributed by atoms with Gasteiger partial charge in [0.05, 0.1) is 0 Å². The highest BCUT2D eigenvalue weighted by Crippen LogP contribution is 2.14. The van der Waals surface area contributed by atoms with Crippen molar-refractivity contribution in [3.63, 3.8) is 0 Å². The van der Waals surface area contributed by atoms with Crippen LogP contribution in [0.2, 0.25) is 0 Å². The summed E-state index contributed by atoms with van der Waals surface area (Å²) in [7, 11) is 0. The Balaban J connectivity index is 4.35. The lowest BCUT2D eigenvalue weighted by Crippen LogP contribution is -2.30. The van der Waals surface area contributed by atoms with Crippen molar-refractivity contribution in [3.05, 3.63) is 146 Å². The maximum absolute atomic E-state index is 12.9. The van der Waals surface area contributed by atoms with Gasteiger partial charge in [-0.25, -0.2) is 0 Å². The Morgan fingerprint density at radius 3 is 0.833 bits per heavy atom. The van der Waals surface area contributed by atoms with Crippen LogP contribution in [0.1, 0.15) is 271 Å². The fraction of sp³-hybridized carbons (Fsp3) is 0.625. The van der Waals surface area contributed by atoms with E-state index in [9.17, 15) is 14.4 Å². The van der Waals surface area contributed by atoms with E-state index in [1.54, 1.807) is 0 Å². The van der Waals surface area contributed by atoms with Gasteiger partial charge in [-0.15, -0.1) is 0 Å². The lowest BCUT2D eigenvalue weighted by molar-refractivity contribution is -0.167. The van der Waals surface area contributed by atoms with Crippen LogP contribution in [-0.4, -0.2) is 37.2 Å². The Morgan fingerprint density at radius 1 is 0.269 bits per heavy atom. The highest BCUT2D eigenvalue weighted by atomic mass is 16.6. The molecule has 0 aromatic heterocycles. The van der Waals surface area contributed by atoms with Gasteiger partial charge in [0, 0.05) is 19.3 Å². The average molecular weight is 1080 g/mol. The molecule has 0 spiro atoms. The molecule has 0 aliphatic carbocycles. The summed E-state index contributed by atoms with van der Waals surface area (Å²) >= 11 is 0. The first-order valence-corrected chi connectivity index (χ1v) is 31.8. The SMILES string of the molecule is CC/C=C\C/C=C\C/C=C\C/C=C\C/C=C\C/C=C\C/C=C\C/C=C\C/C=C\CCCC(=O)OCC(COC(=O)CCCCCCCCCC)OC(=O)CCCCCCCCCC/C=C\C/C=C\C/C=C\CCCCCCC. The Kier molecular flexibility index (Phi) is 60.9. The number of carbonyl (C=O) groups excluding carboxylic acids is 3. The molecule has 0 aliphatic heterocycles. The molecule has 0 fully saturated rings. The molecule has 0 bridgehead atoms. The number of ether oxygens (including phenoxy) is 3. The highest BCUT2D eigenvalue weighted by Gasteiger charge is 2.19. The van der Waals surface area contributed by atoms with E-state index >= 15 is 0 Å². The van der Waals surface area contributed by atoms with E-state index in [2.05, 4.69) is 167 Å². The van der Waals surface area contributed by atoms with Crippen LogP contribution in [-0.2, 0) is 28.6 Å². The smallest absolute Gasteiger partial charge is 0.306 e. The van der Waals surface area contributed by atoms with Gasteiger partial charge < -0.3 is 14.2 Å². The predicted octanol–water partition coefficient (Wildman–Crippen LogP) is 21.9. The lowest BCUT2D eigenvalue weighted by Gasteiger charge is -2.18. The summed E-state index contributed by atoms with van der Waals surface area (Å²) in [5.74, 6) is -0.979. The summed E-state index contributed by atoms with van der Waals surface area (Å²) < 4.78 is 16.8. The van der Waals surface area contributed by atoms with Crippen molar-refractivity contribution in [2.24, 2.45) is 0 Å². The summed E-state index contributed by atoms with van der Waals surface area (Å²) in [6.45, 7) is 6.43. The monoisotopic (exact) mass is 1080 g/mol. The number of unbranched alkanes of at least 4 members (excludes halogenated alkanes) is 21. The Morgan fingerprint density at radius 2 is 0.513 bits per heavy atom. The summed E-state index contributed by atoms with van der Waals surface area (Å²) in [4.78, 5) is 38.1. The van der Waals surface area contributed by atoms with Crippen molar-refractivity contribution < 1.29 is 28.6 Å². The van der Waals surface area contributed by atoms with Crippen LogP contribution in [0.5, 0.6) is 0 Å². The average Bonchev–Trinajstić information content (AvgIpc) is 3.44. The van der Waals surface area contributed by atoms with E-state index in [1.165, 1.54) is 103 Å². The first kappa shape index (κ1) is 73.3. The van der Waals surface area contributed by atoms with Gasteiger partial charge in [-0.2, -0.15) is 0 Å². The zero-order chi connectivity index (χ0) is 56.4. The molecule has 0 aliphatic rings. The van der Waals surface area contributed by atoms with Gasteiger partial charge in [-0.1, -0.05) is 276 Å². The minimum Gasteiger partial charge on any atom is -0.462 e. The van der Waals surface area contributed by atoms with Crippen LogP contribution in [0.15, 0.2) is 146 Å². The van der Waals surface area contributed by atoms with E-state index in [4.69, 9.17) is 14.2 Å². The first-order valence-electron chi connectivity index (χ1n) is 31.8. The summed E-state index contributed by atoms with van der Waals surface area (Å²) in [5, 5.41) is 0. The summed E-state index contributed by atoms with van der Waals surface area (Å²) in [5.41, 5.74) is 0. The molecule has 0 radical (unpaired) electrons. The third kappa shape index (κ3) is 62.1. The maximum atomic E-state index is 12.9. The number of carbonyl (C=O) groups is 3. The second-order valence-electron chi connectivity index (χ2n) is 20.6. The molecule has 0 amide bonds. The number of hydrogen-bond acceptors (Lipinski definition) is 6. The summed E-state index contributed by atoms with van der Waals surface area (Å²) in [6, 6.07) is 0. The van der Waals surface area contributed by atoms with Gasteiger partial charge in [-0.3, -0.25) is 14.4 Å². The van der Waals surface area contributed by atoms with Crippen molar-refractivity contribution in [1.29, 1.82) is 0 Å². The van der Waals surface area contributed by atoms with Crippen molar-refractivity contribution in [1.82, 2.24) is 0 Å². The van der Waals surface area contributed by atoms with E-state index < -0.39 is 6.10 Å². The molecule has 0 N–H and O–H groups in total. The Hall–Kier alpha value is -4.71. The first-order chi connectivity index (χ1) is 38.5. The number of esters is 3. The highest BCUT2D eigenvalue weighted by molar-refractivity contribution is 5.71. The van der Waals surface area contributed by atoms with Gasteiger partial charge in [0.15, 0.2) is 6.10 Å². The van der Waals surface area contributed by atoms with Gasteiger partial charge in [0.25, 0.3) is 0 Å². The van der Waals surface area contributed by atoms with Crippen molar-refractivity contribution in [3.8, 4) is 0 Å². The lowest BCUT2D eigenvalue weighted by atomic mass is 10.1. The van der Waals surface area contributed by atoms with Crippen molar-refractivity contribution in [2.75, 3.05) is 13.2 Å². The molecule has 6 nitrogen and oxygen atoms in total. The largest absolute Gasteiger partial charge is 0.462 e. The predicted molar refractivity (Wildman–Crippen MR) is 339 cm³/mol. The van der Waals surface area contributed by atoms with Crippen LogP contribution in [0.25, 0.3) is 0 Å². The molecule has 0 rings (SSSR count). The van der Waals surface area contributed by atoms with E-state index in [1.807, 2.05) is 0 Å². The second-order valence-corrected chi connectivity index (χ2v) is 20.6. The second kappa shape index (κ2) is 64.8. The van der Waals surface area contributed by atoms with E-state index in [-0.39, 0.29) is 37.5 Å².